The van der Waals surface area contributed by atoms with Crippen LogP contribution in [0.5, 0.6) is 5.88 Å². The molecule has 0 N–H and O–H groups in total. The van der Waals surface area contributed by atoms with E-state index in [1.54, 1.807) is 12.1 Å². The van der Waals surface area contributed by atoms with Gasteiger partial charge in [0.25, 0.3) is 0 Å². The predicted octanol–water partition coefficient (Wildman–Crippen LogP) is -0.801. The second-order valence-corrected chi connectivity index (χ2v) is 4.70. The number of halogens is 4. The van der Waals surface area contributed by atoms with Crippen LogP contribution < -0.4 is 25.9 Å². The van der Waals surface area contributed by atoms with E-state index >= 15 is 0 Å². The average molecular weight is 318 g/mol. The summed E-state index contributed by atoms with van der Waals surface area (Å²) in [5.74, 6) is -0.318. The summed E-state index contributed by atoms with van der Waals surface area (Å²) in [5.41, 5.74) is 0.528. The van der Waals surface area contributed by atoms with E-state index in [1.165, 1.54) is 6.20 Å². The SMILES string of the molecule is C[I-]Cc1cccnc1OC(F)(F)F. The molecule has 80 valence electrons. The third kappa shape index (κ3) is 3.69. The van der Waals surface area contributed by atoms with Gasteiger partial charge in [-0.3, -0.25) is 0 Å². The first-order valence-electron chi connectivity index (χ1n) is 3.66. The summed E-state index contributed by atoms with van der Waals surface area (Å²) >= 11 is -0.118. The van der Waals surface area contributed by atoms with Gasteiger partial charge in [-0.1, -0.05) is 0 Å². The van der Waals surface area contributed by atoms with Crippen LogP contribution in [-0.4, -0.2) is 16.3 Å². The van der Waals surface area contributed by atoms with Crippen LogP contribution in [0.1, 0.15) is 5.56 Å². The average Bonchev–Trinajstić information content (AvgIpc) is 2.06. The van der Waals surface area contributed by atoms with Gasteiger partial charge < -0.3 is 0 Å². The number of hydrogen-bond acceptors (Lipinski definition) is 2. The Balaban J connectivity index is 2.84. The molecule has 2 nitrogen and oxygen atoms in total. The first-order chi connectivity index (χ1) is 6.53. The Morgan fingerprint density at radius 3 is 2.79 bits per heavy atom. The van der Waals surface area contributed by atoms with E-state index in [1.807, 2.05) is 4.93 Å². The number of aromatic nitrogens is 1. The van der Waals surface area contributed by atoms with Crippen LogP contribution in [0.2, 0.25) is 0 Å². The zero-order chi connectivity index (χ0) is 10.6. The first-order valence-corrected chi connectivity index (χ1v) is 7.34. The topological polar surface area (TPSA) is 22.1 Å². The minimum absolute atomic E-state index is 0.118. The molecule has 14 heavy (non-hydrogen) atoms. The normalized spacial score (nSPS) is 11.7. The number of pyridine rings is 1. The maximum absolute atomic E-state index is 11.9. The van der Waals surface area contributed by atoms with Crippen LogP contribution in [-0.2, 0) is 4.43 Å². The molecule has 0 radical (unpaired) electrons. The van der Waals surface area contributed by atoms with Crippen LogP contribution in [0.25, 0.3) is 0 Å². The second-order valence-electron chi connectivity index (χ2n) is 2.42. The molecule has 1 aromatic rings. The quantitative estimate of drug-likeness (QED) is 0.538. The van der Waals surface area contributed by atoms with Gasteiger partial charge in [-0.15, -0.1) is 0 Å². The molecule has 1 rings (SSSR count). The van der Waals surface area contributed by atoms with Crippen molar-refractivity contribution in [1.82, 2.24) is 4.98 Å². The molecule has 1 heterocycles. The Morgan fingerprint density at radius 2 is 2.21 bits per heavy atom. The molecule has 0 fully saturated rings. The van der Waals surface area contributed by atoms with Gasteiger partial charge in [0, 0.05) is 0 Å². The predicted molar refractivity (Wildman–Crippen MR) is 40.5 cm³/mol. The molecule has 0 unspecified atom stereocenters. The van der Waals surface area contributed by atoms with Crippen molar-refractivity contribution in [2.75, 3.05) is 4.93 Å². The van der Waals surface area contributed by atoms with E-state index in [2.05, 4.69) is 9.72 Å². The summed E-state index contributed by atoms with van der Waals surface area (Å²) < 4.78 is 40.2. The van der Waals surface area contributed by atoms with Crippen molar-refractivity contribution in [1.29, 1.82) is 0 Å². The Hall–Kier alpha value is -0.530. The van der Waals surface area contributed by atoms with Crippen molar-refractivity contribution < 1.29 is 39.1 Å². The number of hydrogen-bond donors (Lipinski definition) is 0. The fourth-order valence-corrected chi connectivity index (χ4v) is 2.27. The van der Waals surface area contributed by atoms with Crippen molar-refractivity contribution >= 4 is 0 Å². The molecular formula is C8H8F3INO-. The standard InChI is InChI=1S/C8H8F3INO/c1-12-5-6-3-2-4-13-7(6)14-8(9,10)11/h2-4H,5H2,1H3/q-1. The molecule has 0 atom stereocenters. The molecule has 1 aromatic heterocycles. The van der Waals surface area contributed by atoms with Gasteiger partial charge in [0.05, 0.1) is 0 Å². The summed E-state index contributed by atoms with van der Waals surface area (Å²) in [6.45, 7) is 0. The van der Waals surface area contributed by atoms with E-state index in [0.29, 0.717) is 9.99 Å². The molecule has 0 amide bonds. The molecule has 0 spiro atoms. The van der Waals surface area contributed by atoms with Crippen molar-refractivity contribution in [2.24, 2.45) is 0 Å². The Morgan fingerprint density at radius 1 is 1.50 bits per heavy atom. The zero-order valence-electron chi connectivity index (χ0n) is 7.31. The summed E-state index contributed by atoms with van der Waals surface area (Å²) in [6, 6.07) is 3.22. The van der Waals surface area contributed by atoms with Crippen LogP contribution >= 0.6 is 0 Å². The Labute approximate surface area is 89.7 Å². The van der Waals surface area contributed by atoms with Crippen molar-refractivity contribution in [3.63, 3.8) is 0 Å². The van der Waals surface area contributed by atoms with Crippen LogP contribution in [0, 0.1) is 0 Å². The molecule has 0 saturated heterocycles. The van der Waals surface area contributed by atoms with E-state index in [9.17, 15) is 13.2 Å². The van der Waals surface area contributed by atoms with Crippen molar-refractivity contribution in [3.05, 3.63) is 23.9 Å². The molecular weight excluding hydrogens is 310 g/mol. The molecule has 0 saturated carbocycles. The van der Waals surface area contributed by atoms with Crippen molar-refractivity contribution in [3.8, 4) is 5.88 Å². The van der Waals surface area contributed by atoms with Crippen LogP contribution in [0.4, 0.5) is 13.2 Å². The molecule has 0 aliphatic rings. The van der Waals surface area contributed by atoms with E-state index in [-0.39, 0.29) is 27.1 Å². The fraction of sp³-hybridized carbons (Fsp3) is 0.375. The Kier molecular flexibility index (Phi) is 3.97. The van der Waals surface area contributed by atoms with Crippen LogP contribution in [0.3, 0.4) is 0 Å². The fourth-order valence-electron chi connectivity index (χ4n) is 0.871. The third-order valence-electron chi connectivity index (χ3n) is 1.34. The van der Waals surface area contributed by atoms with Gasteiger partial charge in [-0.25, -0.2) is 0 Å². The van der Waals surface area contributed by atoms with E-state index in [4.69, 9.17) is 0 Å². The Bertz CT molecular complexity index is 303. The van der Waals surface area contributed by atoms with Gasteiger partial charge >= 0.3 is 89.6 Å². The van der Waals surface area contributed by atoms with Gasteiger partial charge in [0.2, 0.25) is 0 Å². The molecule has 0 aromatic carbocycles. The first kappa shape index (κ1) is 11.5. The van der Waals surface area contributed by atoms with E-state index in [0.717, 1.165) is 0 Å². The van der Waals surface area contributed by atoms with E-state index < -0.39 is 6.36 Å². The monoisotopic (exact) mass is 318 g/mol. The molecule has 6 heteroatoms. The molecule has 0 bridgehead atoms. The summed E-state index contributed by atoms with van der Waals surface area (Å²) in [6.07, 6.45) is -3.37. The zero-order valence-corrected chi connectivity index (χ0v) is 9.46. The van der Waals surface area contributed by atoms with Crippen LogP contribution in [0.15, 0.2) is 18.3 Å². The maximum atomic E-state index is 11.9. The third-order valence-corrected chi connectivity index (χ3v) is 2.92. The second kappa shape index (κ2) is 4.81. The number of ether oxygens (including phenoxy) is 1. The number of alkyl halides is 5. The van der Waals surface area contributed by atoms with Crippen molar-refractivity contribution in [2.45, 2.75) is 10.8 Å². The summed E-state index contributed by atoms with van der Waals surface area (Å²) in [5, 5.41) is 0. The summed E-state index contributed by atoms with van der Waals surface area (Å²) in [7, 11) is 0. The van der Waals surface area contributed by atoms with Gasteiger partial charge in [0.1, 0.15) is 0 Å². The van der Waals surface area contributed by atoms with Gasteiger partial charge in [-0.2, -0.15) is 0 Å². The van der Waals surface area contributed by atoms with Gasteiger partial charge in [0.15, 0.2) is 0 Å². The molecule has 0 aliphatic carbocycles. The number of rotatable bonds is 3. The number of nitrogens with zero attached hydrogens (tertiary/aromatic N) is 1. The molecule has 0 aliphatic heterocycles. The summed E-state index contributed by atoms with van der Waals surface area (Å²) in [4.78, 5) is 5.55. The minimum atomic E-state index is -4.66. The van der Waals surface area contributed by atoms with Gasteiger partial charge in [-0.05, 0) is 0 Å².